The third-order valence-corrected chi connectivity index (χ3v) is 5.18. The second-order valence-electron chi connectivity index (χ2n) is 7.12. The number of nitrogens with one attached hydrogen (secondary N) is 1. The molecule has 1 aromatic carbocycles. The molecule has 0 atom stereocenters. The first-order valence-corrected chi connectivity index (χ1v) is 9.90. The van der Waals surface area contributed by atoms with Crippen LogP contribution in [-0.2, 0) is 27.8 Å². The van der Waals surface area contributed by atoms with Crippen LogP contribution in [-0.4, -0.2) is 39.2 Å². The standard InChI is InChI=1S/C22H26N4O4/c1-5-30-21(28)13-23-19(27)11-10-17-15(3)25(4)20-12-18(24-26(20)22(17)29)16-9-7-6-8-14(16)2/h6-9,12H,5,10-11,13H2,1-4H3,(H,23,27). The average Bonchev–Trinajstić information content (AvgIpc) is 3.17. The summed E-state index contributed by atoms with van der Waals surface area (Å²) in [5.74, 6) is -0.801. The Labute approximate surface area is 174 Å². The number of nitrogens with zero attached hydrogens (tertiary/aromatic N) is 3. The average molecular weight is 410 g/mol. The highest BCUT2D eigenvalue weighted by atomic mass is 16.5. The number of fused-ring (bicyclic) bond motifs is 1. The first-order chi connectivity index (χ1) is 14.3. The van der Waals surface area contributed by atoms with E-state index in [0.29, 0.717) is 11.2 Å². The first-order valence-electron chi connectivity index (χ1n) is 9.90. The van der Waals surface area contributed by atoms with Crippen LogP contribution in [0.3, 0.4) is 0 Å². The van der Waals surface area contributed by atoms with Crippen LogP contribution in [0.5, 0.6) is 0 Å². The Bertz CT molecular complexity index is 1160. The number of amides is 1. The van der Waals surface area contributed by atoms with Gasteiger partial charge in [0.1, 0.15) is 12.2 Å². The van der Waals surface area contributed by atoms with Gasteiger partial charge in [0, 0.05) is 36.4 Å². The van der Waals surface area contributed by atoms with Crippen LogP contribution in [0.15, 0.2) is 35.1 Å². The molecule has 0 unspecified atom stereocenters. The zero-order valence-electron chi connectivity index (χ0n) is 17.7. The smallest absolute Gasteiger partial charge is 0.325 e. The van der Waals surface area contributed by atoms with E-state index in [9.17, 15) is 14.4 Å². The lowest BCUT2D eigenvalue weighted by Crippen LogP contribution is -2.32. The predicted molar refractivity (Wildman–Crippen MR) is 113 cm³/mol. The Hall–Kier alpha value is -3.42. The Morgan fingerprint density at radius 1 is 1.20 bits per heavy atom. The number of carbonyl (C=O) groups excluding carboxylic acids is 2. The molecule has 0 spiro atoms. The van der Waals surface area contributed by atoms with Crippen molar-refractivity contribution >= 4 is 17.5 Å². The van der Waals surface area contributed by atoms with Crippen LogP contribution >= 0.6 is 0 Å². The van der Waals surface area contributed by atoms with Gasteiger partial charge in [-0.1, -0.05) is 24.3 Å². The molecule has 1 amide bonds. The van der Waals surface area contributed by atoms with Crippen LogP contribution < -0.4 is 10.9 Å². The fraction of sp³-hybridized carbons (Fsp3) is 0.364. The quantitative estimate of drug-likeness (QED) is 0.601. The number of hydrogen-bond acceptors (Lipinski definition) is 5. The monoisotopic (exact) mass is 410 g/mol. The van der Waals surface area contributed by atoms with Gasteiger partial charge >= 0.3 is 5.97 Å². The van der Waals surface area contributed by atoms with Gasteiger partial charge in [-0.05, 0) is 32.8 Å². The van der Waals surface area contributed by atoms with Gasteiger partial charge in [0.25, 0.3) is 5.56 Å². The summed E-state index contributed by atoms with van der Waals surface area (Å²) >= 11 is 0. The Balaban J connectivity index is 1.86. The van der Waals surface area contributed by atoms with Gasteiger partial charge in [0.05, 0.1) is 12.3 Å². The van der Waals surface area contributed by atoms with Gasteiger partial charge in [-0.25, -0.2) is 0 Å². The molecule has 0 aliphatic rings. The maximum atomic E-state index is 13.1. The molecule has 3 aromatic rings. The zero-order chi connectivity index (χ0) is 21.8. The maximum Gasteiger partial charge on any atom is 0.325 e. The van der Waals surface area contributed by atoms with Crippen LogP contribution in [0, 0.1) is 13.8 Å². The molecule has 0 aliphatic heterocycles. The molecule has 1 N–H and O–H groups in total. The predicted octanol–water partition coefficient (Wildman–Crippen LogP) is 1.93. The summed E-state index contributed by atoms with van der Waals surface area (Å²) in [4.78, 5) is 36.5. The highest BCUT2D eigenvalue weighted by Gasteiger charge is 2.17. The summed E-state index contributed by atoms with van der Waals surface area (Å²) in [6.45, 7) is 5.64. The van der Waals surface area contributed by atoms with E-state index in [1.54, 1.807) is 6.92 Å². The summed E-state index contributed by atoms with van der Waals surface area (Å²) < 4.78 is 8.08. The lowest BCUT2D eigenvalue weighted by Gasteiger charge is -2.12. The Morgan fingerprint density at radius 3 is 2.63 bits per heavy atom. The van der Waals surface area contributed by atoms with Crippen LogP contribution in [0.1, 0.15) is 30.2 Å². The van der Waals surface area contributed by atoms with E-state index in [-0.39, 0.29) is 37.5 Å². The Kier molecular flexibility index (Phi) is 6.34. The second-order valence-corrected chi connectivity index (χ2v) is 7.12. The van der Waals surface area contributed by atoms with Crippen molar-refractivity contribution in [2.45, 2.75) is 33.6 Å². The molecule has 8 nitrogen and oxygen atoms in total. The first kappa shape index (κ1) is 21.3. The number of hydrogen-bond donors (Lipinski definition) is 1. The number of aromatic nitrogens is 3. The second kappa shape index (κ2) is 8.94. The van der Waals surface area contributed by atoms with E-state index in [0.717, 1.165) is 22.5 Å². The summed E-state index contributed by atoms with van der Waals surface area (Å²) in [6, 6.07) is 9.78. The van der Waals surface area contributed by atoms with E-state index in [1.165, 1.54) is 4.52 Å². The SMILES string of the molecule is CCOC(=O)CNC(=O)CCc1c(C)n(C)c2cc(-c3ccccc3C)nn2c1=O. The summed E-state index contributed by atoms with van der Waals surface area (Å²) in [6.07, 6.45) is 0.343. The molecule has 0 saturated carbocycles. The molecule has 30 heavy (non-hydrogen) atoms. The lowest BCUT2D eigenvalue weighted by atomic mass is 10.1. The Morgan fingerprint density at radius 2 is 1.93 bits per heavy atom. The van der Waals surface area contributed by atoms with E-state index in [4.69, 9.17) is 4.74 Å². The van der Waals surface area contributed by atoms with Crippen molar-refractivity contribution in [1.82, 2.24) is 19.5 Å². The molecule has 158 valence electrons. The van der Waals surface area contributed by atoms with E-state index < -0.39 is 5.97 Å². The van der Waals surface area contributed by atoms with Gasteiger partial charge in [-0.2, -0.15) is 9.61 Å². The molecule has 3 rings (SSSR count). The fourth-order valence-electron chi connectivity index (χ4n) is 3.41. The largest absolute Gasteiger partial charge is 0.465 e. The number of rotatable bonds is 7. The highest BCUT2D eigenvalue weighted by Crippen LogP contribution is 2.23. The lowest BCUT2D eigenvalue weighted by molar-refractivity contribution is -0.143. The summed E-state index contributed by atoms with van der Waals surface area (Å²) in [5.41, 5.74) is 4.52. The molecule has 0 radical (unpaired) electrons. The normalized spacial score (nSPS) is 10.9. The minimum atomic E-state index is -0.486. The minimum absolute atomic E-state index is 0.0902. The topological polar surface area (TPSA) is 94.7 Å². The van der Waals surface area contributed by atoms with E-state index in [2.05, 4.69) is 10.4 Å². The van der Waals surface area contributed by atoms with E-state index in [1.807, 2.05) is 55.8 Å². The molecule has 0 saturated heterocycles. The number of carbonyl (C=O) groups is 2. The highest BCUT2D eigenvalue weighted by molar-refractivity contribution is 5.82. The number of aryl methyl sites for hydroxylation is 2. The maximum absolute atomic E-state index is 13.1. The van der Waals surface area contributed by atoms with Crippen LogP contribution in [0.25, 0.3) is 16.9 Å². The number of benzene rings is 1. The summed E-state index contributed by atoms with van der Waals surface area (Å²) in [7, 11) is 1.87. The molecule has 0 fully saturated rings. The van der Waals surface area contributed by atoms with Gasteiger partial charge in [-0.3, -0.25) is 14.4 Å². The molecular weight excluding hydrogens is 384 g/mol. The molecule has 0 aliphatic carbocycles. The fourth-order valence-corrected chi connectivity index (χ4v) is 3.41. The van der Waals surface area contributed by atoms with Crippen molar-refractivity contribution in [3.05, 3.63) is 57.5 Å². The minimum Gasteiger partial charge on any atom is -0.465 e. The molecular formula is C22H26N4O4. The molecule has 2 aromatic heterocycles. The van der Waals surface area contributed by atoms with Crippen molar-refractivity contribution in [2.75, 3.05) is 13.2 Å². The van der Waals surface area contributed by atoms with Crippen molar-refractivity contribution in [3.8, 4) is 11.3 Å². The zero-order valence-corrected chi connectivity index (χ0v) is 17.7. The van der Waals surface area contributed by atoms with Crippen molar-refractivity contribution < 1.29 is 14.3 Å². The third kappa shape index (κ3) is 4.27. The number of ether oxygens (including phenoxy) is 1. The van der Waals surface area contributed by atoms with Gasteiger partial charge in [0.15, 0.2) is 0 Å². The summed E-state index contributed by atoms with van der Waals surface area (Å²) in [5, 5.41) is 7.05. The van der Waals surface area contributed by atoms with Gasteiger partial charge in [-0.15, -0.1) is 0 Å². The van der Waals surface area contributed by atoms with Crippen molar-refractivity contribution in [1.29, 1.82) is 0 Å². The number of esters is 1. The van der Waals surface area contributed by atoms with Gasteiger partial charge < -0.3 is 14.6 Å². The third-order valence-electron chi connectivity index (χ3n) is 5.18. The van der Waals surface area contributed by atoms with Crippen LogP contribution in [0.2, 0.25) is 0 Å². The molecule has 0 bridgehead atoms. The van der Waals surface area contributed by atoms with Crippen LogP contribution in [0.4, 0.5) is 0 Å². The van der Waals surface area contributed by atoms with Gasteiger partial charge in [0.2, 0.25) is 5.91 Å². The van der Waals surface area contributed by atoms with Crippen molar-refractivity contribution in [3.63, 3.8) is 0 Å². The van der Waals surface area contributed by atoms with E-state index >= 15 is 0 Å². The molecule has 8 heteroatoms. The van der Waals surface area contributed by atoms with Crippen molar-refractivity contribution in [2.24, 2.45) is 7.05 Å². The molecule has 2 heterocycles.